The third kappa shape index (κ3) is 1.83. The van der Waals surface area contributed by atoms with E-state index in [9.17, 15) is 4.79 Å². The Bertz CT molecular complexity index is 468. The molecular weight excluding hydrogens is 220 g/mol. The fourth-order valence-electron chi connectivity index (χ4n) is 1.87. The van der Waals surface area contributed by atoms with Crippen LogP contribution in [0.25, 0.3) is 0 Å². The van der Waals surface area contributed by atoms with Crippen LogP contribution in [0.1, 0.15) is 36.3 Å². The summed E-state index contributed by atoms with van der Waals surface area (Å²) >= 11 is 1.56. The van der Waals surface area contributed by atoms with Crippen LogP contribution < -0.4 is 5.32 Å². The minimum absolute atomic E-state index is 0.0172. The van der Waals surface area contributed by atoms with Gasteiger partial charge in [0.25, 0.3) is 0 Å². The molecule has 0 aliphatic heterocycles. The van der Waals surface area contributed by atoms with Gasteiger partial charge in [-0.15, -0.1) is 11.3 Å². The maximum Gasteiger partial charge on any atom is 0.227 e. The SMILES string of the molecule is CC(C)C(=O)Nc1sc2c(c1C#N)CCC2. The number of nitrogens with zero attached hydrogens (tertiary/aromatic N) is 1. The van der Waals surface area contributed by atoms with E-state index in [4.69, 9.17) is 5.26 Å². The lowest BCUT2D eigenvalue weighted by molar-refractivity contribution is -0.118. The monoisotopic (exact) mass is 234 g/mol. The number of nitrogens with one attached hydrogen (secondary N) is 1. The average Bonchev–Trinajstić information content (AvgIpc) is 2.77. The number of rotatable bonds is 2. The van der Waals surface area contributed by atoms with E-state index in [1.54, 1.807) is 11.3 Å². The zero-order valence-electron chi connectivity index (χ0n) is 9.46. The summed E-state index contributed by atoms with van der Waals surface area (Å²) in [5.74, 6) is -0.0695. The molecule has 1 aromatic heterocycles. The van der Waals surface area contributed by atoms with E-state index in [0.717, 1.165) is 29.8 Å². The van der Waals surface area contributed by atoms with Crippen LogP contribution in [0, 0.1) is 17.2 Å². The fourth-order valence-corrected chi connectivity index (χ4v) is 3.11. The Hall–Kier alpha value is -1.34. The maximum absolute atomic E-state index is 11.6. The molecule has 84 valence electrons. The zero-order chi connectivity index (χ0) is 11.7. The fraction of sp³-hybridized carbons (Fsp3) is 0.500. The molecule has 0 atom stereocenters. The molecule has 0 radical (unpaired) electrons. The molecular formula is C12H14N2OS. The lowest BCUT2D eigenvalue weighted by Gasteiger charge is -2.05. The summed E-state index contributed by atoms with van der Waals surface area (Å²) in [7, 11) is 0. The standard InChI is InChI=1S/C12H14N2OS/c1-7(2)11(15)14-12-9(6-13)8-4-3-5-10(8)16-12/h7H,3-5H2,1-2H3,(H,14,15). The average molecular weight is 234 g/mol. The first-order valence-electron chi connectivity index (χ1n) is 5.49. The Kier molecular flexibility index (Phi) is 2.97. The lowest BCUT2D eigenvalue weighted by atomic mass is 10.1. The first-order valence-corrected chi connectivity index (χ1v) is 6.30. The molecule has 1 heterocycles. The highest BCUT2D eigenvalue weighted by Crippen LogP contribution is 2.38. The first kappa shape index (κ1) is 11.2. The first-order chi connectivity index (χ1) is 7.63. The Morgan fingerprint density at radius 1 is 1.50 bits per heavy atom. The summed E-state index contributed by atoms with van der Waals surface area (Å²) in [5, 5.41) is 12.7. The minimum Gasteiger partial charge on any atom is -0.316 e. The number of carbonyl (C=O) groups is 1. The molecule has 0 saturated heterocycles. The molecule has 4 heteroatoms. The number of aryl methyl sites for hydroxylation is 1. The van der Waals surface area contributed by atoms with Crippen LogP contribution in [-0.2, 0) is 17.6 Å². The van der Waals surface area contributed by atoms with Crippen LogP contribution >= 0.6 is 11.3 Å². The van der Waals surface area contributed by atoms with Gasteiger partial charge in [0.2, 0.25) is 5.91 Å². The molecule has 1 N–H and O–H groups in total. The van der Waals surface area contributed by atoms with Gasteiger partial charge in [0.05, 0.1) is 5.56 Å². The number of fused-ring (bicyclic) bond motifs is 1. The summed E-state index contributed by atoms with van der Waals surface area (Å²) in [4.78, 5) is 12.9. The van der Waals surface area contributed by atoms with E-state index in [1.807, 2.05) is 13.8 Å². The van der Waals surface area contributed by atoms with Crippen LogP contribution in [0.3, 0.4) is 0 Å². The second-order valence-electron chi connectivity index (χ2n) is 4.32. The van der Waals surface area contributed by atoms with Gasteiger partial charge in [-0.25, -0.2) is 0 Å². The second-order valence-corrected chi connectivity index (χ2v) is 5.42. The molecule has 1 aliphatic carbocycles. The predicted octanol–water partition coefficient (Wildman–Crippen LogP) is 2.70. The summed E-state index contributed by atoms with van der Waals surface area (Å²) in [6.07, 6.45) is 3.16. The quantitative estimate of drug-likeness (QED) is 0.855. The van der Waals surface area contributed by atoms with Crippen molar-refractivity contribution in [3.05, 3.63) is 16.0 Å². The van der Waals surface area contributed by atoms with Crippen molar-refractivity contribution in [2.24, 2.45) is 5.92 Å². The molecule has 0 fully saturated rings. The number of nitriles is 1. The van der Waals surface area contributed by atoms with Crippen LogP contribution in [0.5, 0.6) is 0 Å². The normalized spacial score (nSPS) is 13.6. The van der Waals surface area contributed by atoms with Crippen LogP contribution in [-0.4, -0.2) is 5.91 Å². The third-order valence-electron chi connectivity index (χ3n) is 2.79. The van der Waals surface area contributed by atoms with Gasteiger partial charge in [0.15, 0.2) is 0 Å². The molecule has 1 aliphatic rings. The Morgan fingerprint density at radius 3 is 2.88 bits per heavy atom. The lowest BCUT2D eigenvalue weighted by Crippen LogP contribution is -2.17. The van der Waals surface area contributed by atoms with Gasteiger partial charge in [0.1, 0.15) is 11.1 Å². The number of hydrogen-bond donors (Lipinski definition) is 1. The highest BCUT2D eigenvalue weighted by Gasteiger charge is 2.23. The number of amides is 1. The third-order valence-corrected chi connectivity index (χ3v) is 4.00. The van der Waals surface area contributed by atoms with Gasteiger partial charge < -0.3 is 5.32 Å². The van der Waals surface area contributed by atoms with Gasteiger partial charge >= 0.3 is 0 Å². The molecule has 0 saturated carbocycles. The highest BCUT2D eigenvalue weighted by atomic mass is 32.1. The summed E-state index contributed by atoms with van der Waals surface area (Å²) in [6, 6.07) is 2.22. The topological polar surface area (TPSA) is 52.9 Å². The summed E-state index contributed by atoms with van der Waals surface area (Å²) in [6.45, 7) is 3.70. The van der Waals surface area contributed by atoms with Gasteiger partial charge in [-0.2, -0.15) is 5.26 Å². The van der Waals surface area contributed by atoms with Gasteiger partial charge in [-0.1, -0.05) is 13.8 Å². The number of hydrogen-bond acceptors (Lipinski definition) is 3. The van der Waals surface area contributed by atoms with Gasteiger partial charge in [-0.05, 0) is 24.8 Å². The van der Waals surface area contributed by atoms with E-state index in [1.165, 1.54) is 4.88 Å². The Labute approximate surface area is 99.1 Å². The van der Waals surface area contributed by atoms with Crippen molar-refractivity contribution in [2.75, 3.05) is 5.32 Å². The van der Waals surface area contributed by atoms with Crippen LogP contribution in [0.15, 0.2) is 0 Å². The molecule has 0 spiro atoms. The molecule has 2 rings (SSSR count). The highest BCUT2D eigenvalue weighted by molar-refractivity contribution is 7.16. The van der Waals surface area contributed by atoms with Gasteiger partial charge in [-0.3, -0.25) is 4.79 Å². The van der Waals surface area contributed by atoms with E-state index >= 15 is 0 Å². The molecule has 0 aromatic carbocycles. The van der Waals surface area contributed by atoms with Crippen molar-refractivity contribution in [3.63, 3.8) is 0 Å². The summed E-state index contributed by atoms with van der Waals surface area (Å²) < 4.78 is 0. The minimum atomic E-state index is -0.0523. The van der Waals surface area contributed by atoms with E-state index < -0.39 is 0 Å². The van der Waals surface area contributed by atoms with Crippen LogP contribution in [0.4, 0.5) is 5.00 Å². The smallest absolute Gasteiger partial charge is 0.227 e. The van der Waals surface area contributed by atoms with Gasteiger partial charge in [0, 0.05) is 10.8 Å². The van der Waals surface area contributed by atoms with E-state index in [0.29, 0.717) is 5.56 Å². The van der Waals surface area contributed by atoms with Crippen molar-refractivity contribution in [2.45, 2.75) is 33.1 Å². The molecule has 1 amide bonds. The molecule has 0 unspecified atom stereocenters. The summed E-state index contributed by atoms with van der Waals surface area (Å²) in [5.41, 5.74) is 1.85. The number of carbonyl (C=O) groups excluding carboxylic acids is 1. The van der Waals surface area contributed by atoms with Crippen molar-refractivity contribution < 1.29 is 4.79 Å². The van der Waals surface area contributed by atoms with Crippen molar-refractivity contribution in [1.82, 2.24) is 0 Å². The van der Waals surface area contributed by atoms with Crippen molar-refractivity contribution >= 4 is 22.2 Å². The Balaban J connectivity index is 2.29. The van der Waals surface area contributed by atoms with Crippen LogP contribution in [0.2, 0.25) is 0 Å². The largest absolute Gasteiger partial charge is 0.316 e. The predicted molar refractivity (Wildman–Crippen MR) is 64.5 cm³/mol. The zero-order valence-corrected chi connectivity index (χ0v) is 10.3. The molecule has 3 nitrogen and oxygen atoms in total. The maximum atomic E-state index is 11.6. The second kappa shape index (κ2) is 4.26. The number of thiophene rings is 1. The van der Waals surface area contributed by atoms with E-state index in [-0.39, 0.29) is 11.8 Å². The van der Waals surface area contributed by atoms with E-state index in [2.05, 4.69) is 11.4 Å². The molecule has 16 heavy (non-hydrogen) atoms. The molecule has 0 bridgehead atoms. The number of anilines is 1. The molecule has 1 aromatic rings. The van der Waals surface area contributed by atoms with Crippen molar-refractivity contribution in [1.29, 1.82) is 5.26 Å². The Morgan fingerprint density at radius 2 is 2.25 bits per heavy atom. The van der Waals surface area contributed by atoms with Crippen molar-refractivity contribution in [3.8, 4) is 6.07 Å².